The largest absolute Gasteiger partial charge is 0.462 e. The van der Waals surface area contributed by atoms with Gasteiger partial charge in [-0.15, -0.1) is 0 Å². The second kappa shape index (κ2) is 52.2. The fourth-order valence-corrected chi connectivity index (χ4v) is 9.35. The third kappa shape index (κ3) is 55.2. The molecule has 0 rings (SSSR count). The molecule has 0 fully saturated rings. The van der Waals surface area contributed by atoms with Gasteiger partial charge >= 0.3 is 17.9 Å². The van der Waals surface area contributed by atoms with E-state index in [0.29, 0.717) is 19.3 Å². The molecule has 0 amide bonds. The van der Waals surface area contributed by atoms with Gasteiger partial charge in [0.1, 0.15) is 13.2 Å². The Labute approximate surface area is 418 Å². The predicted octanol–water partition coefficient (Wildman–Crippen LogP) is 19.9. The first kappa shape index (κ1) is 65.4. The van der Waals surface area contributed by atoms with Crippen LogP contribution in [0.25, 0.3) is 0 Å². The quantitative estimate of drug-likeness (QED) is 0.0343. The van der Waals surface area contributed by atoms with E-state index in [4.69, 9.17) is 14.2 Å². The van der Waals surface area contributed by atoms with E-state index in [2.05, 4.69) is 41.5 Å². The molecule has 0 aromatic carbocycles. The Morgan fingerprint density at radius 3 is 0.642 bits per heavy atom. The molecule has 0 aliphatic rings. The highest BCUT2D eigenvalue weighted by Gasteiger charge is 2.19. The summed E-state index contributed by atoms with van der Waals surface area (Å²) in [5.74, 6) is 1.66. The smallest absolute Gasteiger partial charge is 0.306 e. The zero-order valence-corrected chi connectivity index (χ0v) is 46.2. The minimum absolute atomic E-state index is 0.0635. The van der Waals surface area contributed by atoms with Gasteiger partial charge in [0.15, 0.2) is 6.10 Å². The predicted molar refractivity (Wildman–Crippen MR) is 289 cm³/mol. The maximum atomic E-state index is 12.9. The van der Waals surface area contributed by atoms with Crippen LogP contribution in [0, 0.1) is 17.8 Å². The molecule has 0 saturated carbocycles. The fraction of sp³-hybridized carbons (Fsp3) is 0.951. The summed E-state index contributed by atoms with van der Waals surface area (Å²) < 4.78 is 16.9. The molecule has 0 N–H and O–H groups in total. The Balaban J connectivity index is 4.24. The highest BCUT2D eigenvalue weighted by molar-refractivity contribution is 5.71. The Morgan fingerprint density at radius 2 is 0.433 bits per heavy atom. The molecule has 0 unspecified atom stereocenters. The van der Waals surface area contributed by atoms with Crippen LogP contribution in [0.2, 0.25) is 0 Å². The molecule has 67 heavy (non-hydrogen) atoms. The van der Waals surface area contributed by atoms with Gasteiger partial charge in [-0.2, -0.15) is 0 Å². The van der Waals surface area contributed by atoms with Crippen molar-refractivity contribution in [2.24, 2.45) is 17.8 Å². The average Bonchev–Trinajstić information content (AvgIpc) is 3.29. The van der Waals surface area contributed by atoms with Crippen LogP contribution in [0.15, 0.2) is 0 Å². The summed E-state index contributed by atoms with van der Waals surface area (Å²) in [6.45, 7) is 13.8. The highest BCUT2D eigenvalue weighted by Crippen LogP contribution is 2.19. The van der Waals surface area contributed by atoms with E-state index in [1.165, 1.54) is 218 Å². The topological polar surface area (TPSA) is 78.9 Å². The number of carbonyl (C=O) groups is 3. The Hall–Kier alpha value is -1.59. The zero-order valence-electron chi connectivity index (χ0n) is 46.2. The lowest BCUT2D eigenvalue weighted by Crippen LogP contribution is -2.30. The zero-order chi connectivity index (χ0) is 49.1. The molecule has 1 atom stereocenters. The van der Waals surface area contributed by atoms with E-state index in [9.17, 15) is 14.4 Å². The van der Waals surface area contributed by atoms with E-state index in [0.717, 1.165) is 75.5 Å². The van der Waals surface area contributed by atoms with Crippen molar-refractivity contribution in [1.82, 2.24) is 0 Å². The number of hydrogen-bond acceptors (Lipinski definition) is 6. The molecule has 0 spiro atoms. The Kier molecular flexibility index (Phi) is 51.0. The van der Waals surface area contributed by atoms with E-state index in [1.54, 1.807) is 0 Å². The van der Waals surface area contributed by atoms with E-state index in [-0.39, 0.29) is 31.1 Å². The molecule has 0 aliphatic heterocycles. The van der Waals surface area contributed by atoms with Crippen LogP contribution in [0.3, 0.4) is 0 Å². The van der Waals surface area contributed by atoms with Crippen LogP contribution in [0.5, 0.6) is 0 Å². The lowest BCUT2D eigenvalue weighted by Gasteiger charge is -2.18. The van der Waals surface area contributed by atoms with Crippen LogP contribution in [-0.2, 0) is 28.6 Å². The molecule has 6 nitrogen and oxygen atoms in total. The van der Waals surface area contributed by atoms with Crippen LogP contribution in [0.1, 0.15) is 337 Å². The average molecular weight is 948 g/mol. The van der Waals surface area contributed by atoms with Gasteiger partial charge in [0.05, 0.1) is 0 Å². The van der Waals surface area contributed by atoms with Crippen LogP contribution < -0.4 is 0 Å². The van der Waals surface area contributed by atoms with Gasteiger partial charge in [-0.05, 0) is 37.0 Å². The molecule has 398 valence electrons. The second-order valence-electron chi connectivity index (χ2n) is 22.4. The van der Waals surface area contributed by atoms with E-state index < -0.39 is 6.10 Å². The Morgan fingerprint density at radius 1 is 0.254 bits per heavy atom. The molecule has 0 aromatic heterocycles. The molecular formula is C61H118O6. The standard InChI is InChI=1S/C61H118O6/c1-55(2)47-41-35-29-23-19-15-11-7-9-13-17-21-25-32-38-44-50-59(62)65-53-58(54-66-60(63)51-45-39-33-28-27-31-37-43-49-57(5)6)67-61(64)52-46-40-34-26-22-18-14-10-8-12-16-20-24-30-36-42-48-56(3)4/h55-58H,7-54H2,1-6H3/t58-/m0/s1. The molecule has 0 aromatic rings. The maximum absolute atomic E-state index is 12.9. The van der Waals surface area contributed by atoms with Crippen molar-refractivity contribution in [1.29, 1.82) is 0 Å². The summed E-state index contributed by atoms with van der Waals surface area (Å²) in [5, 5.41) is 0. The number of esters is 3. The monoisotopic (exact) mass is 947 g/mol. The van der Waals surface area contributed by atoms with E-state index in [1.807, 2.05) is 0 Å². The first-order valence-corrected chi connectivity index (χ1v) is 30.1. The number of ether oxygens (including phenoxy) is 3. The number of hydrogen-bond donors (Lipinski definition) is 0. The van der Waals surface area contributed by atoms with Gasteiger partial charge < -0.3 is 14.2 Å². The minimum atomic E-state index is -0.764. The van der Waals surface area contributed by atoms with Crippen molar-refractivity contribution in [2.45, 2.75) is 343 Å². The second-order valence-corrected chi connectivity index (χ2v) is 22.4. The lowest BCUT2D eigenvalue weighted by atomic mass is 10.0. The van der Waals surface area contributed by atoms with Crippen LogP contribution in [-0.4, -0.2) is 37.2 Å². The molecule has 0 aliphatic carbocycles. The van der Waals surface area contributed by atoms with Gasteiger partial charge in [-0.25, -0.2) is 0 Å². The lowest BCUT2D eigenvalue weighted by molar-refractivity contribution is -0.167. The van der Waals surface area contributed by atoms with Crippen molar-refractivity contribution >= 4 is 17.9 Å². The maximum Gasteiger partial charge on any atom is 0.306 e. The summed E-state index contributed by atoms with van der Waals surface area (Å²) >= 11 is 0. The van der Waals surface area contributed by atoms with Gasteiger partial charge in [0.25, 0.3) is 0 Å². The normalized spacial score (nSPS) is 12.1. The molecule has 0 bridgehead atoms. The first-order chi connectivity index (χ1) is 32.6. The minimum Gasteiger partial charge on any atom is -0.462 e. The molecule has 6 heteroatoms. The van der Waals surface area contributed by atoms with E-state index >= 15 is 0 Å². The molecule has 0 saturated heterocycles. The highest BCUT2D eigenvalue weighted by atomic mass is 16.6. The van der Waals surface area contributed by atoms with Crippen LogP contribution >= 0.6 is 0 Å². The first-order valence-electron chi connectivity index (χ1n) is 30.1. The van der Waals surface area contributed by atoms with Gasteiger partial charge in [-0.1, -0.05) is 298 Å². The van der Waals surface area contributed by atoms with Crippen LogP contribution in [0.4, 0.5) is 0 Å². The van der Waals surface area contributed by atoms with Gasteiger partial charge in [0, 0.05) is 19.3 Å². The summed E-state index contributed by atoms with van der Waals surface area (Å²) in [7, 11) is 0. The van der Waals surface area contributed by atoms with Crippen molar-refractivity contribution in [3.63, 3.8) is 0 Å². The number of unbranched alkanes of at least 4 members (excludes halogenated alkanes) is 37. The van der Waals surface area contributed by atoms with Crippen molar-refractivity contribution < 1.29 is 28.6 Å². The number of carbonyl (C=O) groups excluding carboxylic acids is 3. The Bertz CT molecular complexity index is 1040. The van der Waals surface area contributed by atoms with Gasteiger partial charge in [0.2, 0.25) is 0 Å². The summed E-state index contributed by atoms with van der Waals surface area (Å²) in [6.07, 6.45) is 55.4. The molecule has 0 heterocycles. The summed E-state index contributed by atoms with van der Waals surface area (Å²) in [5.41, 5.74) is 0. The fourth-order valence-electron chi connectivity index (χ4n) is 9.35. The van der Waals surface area contributed by atoms with Crippen molar-refractivity contribution in [3.8, 4) is 0 Å². The third-order valence-electron chi connectivity index (χ3n) is 13.9. The summed E-state index contributed by atoms with van der Waals surface area (Å²) in [6, 6.07) is 0. The summed E-state index contributed by atoms with van der Waals surface area (Å²) in [4.78, 5) is 38.2. The van der Waals surface area contributed by atoms with Crippen molar-refractivity contribution in [2.75, 3.05) is 13.2 Å². The molecule has 0 radical (unpaired) electrons. The van der Waals surface area contributed by atoms with Gasteiger partial charge in [-0.3, -0.25) is 14.4 Å². The number of rotatable bonds is 54. The van der Waals surface area contributed by atoms with Crippen molar-refractivity contribution in [3.05, 3.63) is 0 Å². The molecular weight excluding hydrogens is 829 g/mol. The SMILES string of the molecule is CC(C)CCCCCCCCCCCCCCCCCCC(=O)OC[C@@H](COC(=O)CCCCCCCCCCC(C)C)OC(=O)CCCCCCCCCCCCCCCCCCC(C)C. The third-order valence-corrected chi connectivity index (χ3v) is 13.9.